The third-order valence-electron chi connectivity index (χ3n) is 3.85. The molecule has 0 fully saturated rings. The Hall–Kier alpha value is -1.92. The number of aromatic nitrogens is 1. The Kier molecular flexibility index (Phi) is 6.04. The minimum absolute atomic E-state index is 0.0446. The number of hydrogen-bond donors (Lipinski definition) is 1. The molecule has 0 radical (unpaired) electrons. The molecular formula is C19H19BrN2O2S. The van der Waals surface area contributed by atoms with Crippen molar-refractivity contribution in [2.24, 2.45) is 0 Å². The van der Waals surface area contributed by atoms with Gasteiger partial charge in [0.2, 0.25) is 5.91 Å². The number of methoxy groups -OCH3 is 1. The first-order chi connectivity index (χ1) is 12.2. The van der Waals surface area contributed by atoms with E-state index in [1.54, 1.807) is 18.4 Å². The molecule has 0 aliphatic rings. The average Bonchev–Trinajstić information content (AvgIpc) is 3.03. The largest absolute Gasteiger partial charge is 0.496 e. The van der Waals surface area contributed by atoms with E-state index in [4.69, 9.17) is 4.74 Å². The maximum atomic E-state index is 12.1. The predicted octanol–water partition coefficient (Wildman–Crippen LogP) is 4.71. The summed E-state index contributed by atoms with van der Waals surface area (Å²) in [5.41, 5.74) is 1.99. The molecule has 0 saturated carbocycles. The Morgan fingerprint density at radius 2 is 2.12 bits per heavy atom. The van der Waals surface area contributed by atoms with Gasteiger partial charge in [-0.15, -0.1) is 11.3 Å². The molecular weight excluding hydrogens is 400 g/mol. The minimum atomic E-state index is 0.0446. The average molecular weight is 419 g/mol. The normalized spacial score (nSPS) is 10.8. The second-order valence-electron chi connectivity index (χ2n) is 5.66. The summed E-state index contributed by atoms with van der Waals surface area (Å²) in [7, 11) is 1.63. The van der Waals surface area contributed by atoms with Crippen molar-refractivity contribution in [1.82, 2.24) is 10.3 Å². The summed E-state index contributed by atoms with van der Waals surface area (Å²) >= 11 is 5.14. The number of ether oxygens (including phenoxy) is 1. The summed E-state index contributed by atoms with van der Waals surface area (Å²) in [5, 5.41) is 4.04. The van der Waals surface area contributed by atoms with Crippen molar-refractivity contribution < 1.29 is 9.53 Å². The fourth-order valence-corrected chi connectivity index (χ4v) is 4.01. The number of thiazole rings is 1. The molecule has 0 saturated heterocycles. The van der Waals surface area contributed by atoms with Crippen molar-refractivity contribution in [3.63, 3.8) is 0 Å². The zero-order valence-corrected chi connectivity index (χ0v) is 16.3. The number of rotatable bonds is 7. The van der Waals surface area contributed by atoms with Gasteiger partial charge in [-0.3, -0.25) is 4.79 Å². The van der Waals surface area contributed by atoms with E-state index in [0.717, 1.165) is 39.2 Å². The summed E-state index contributed by atoms with van der Waals surface area (Å²) in [6, 6.07) is 13.9. The van der Waals surface area contributed by atoms with E-state index in [2.05, 4.69) is 32.3 Å². The van der Waals surface area contributed by atoms with Crippen LogP contribution < -0.4 is 10.1 Å². The van der Waals surface area contributed by atoms with Gasteiger partial charge < -0.3 is 10.1 Å². The highest BCUT2D eigenvalue weighted by atomic mass is 79.9. The van der Waals surface area contributed by atoms with E-state index >= 15 is 0 Å². The smallest absolute Gasteiger partial charge is 0.220 e. The van der Waals surface area contributed by atoms with Crippen LogP contribution in [-0.2, 0) is 17.8 Å². The van der Waals surface area contributed by atoms with Crippen LogP contribution >= 0.6 is 27.3 Å². The van der Waals surface area contributed by atoms with Crippen LogP contribution in [-0.4, -0.2) is 18.0 Å². The molecule has 6 heteroatoms. The number of hydrogen-bond acceptors (Lipinski definition) is 4. The molecule has 1 amide bonds. The van der Waals surface area contributed by atoms with Crippen LogP contribution in [0.15, 0.2) is 46.9 Å². The van der Waals surface area contributed by atoms with Crippen molar-refractivity contribution in [2.75, 3.05) is 7.11 Å². The highest BCUT2D eigenvalue weighted by molar-refractivity contribution is 9.10. The van der Waals surface area contributed by atoms with E-state index in [1.165, 1.54) is 4.70 Å². The molecule has 4 nitrogen and oxygen atoms in total. The van der Waals surface area contributed by atoms with Gasteiger partial charge in [-0.1, -0.05) is 28.1 Å². The van der Waals surface area contributed by atoms with E-state index < -0.39 is 0 Å². The third-order valence-corrected chi connectivity index (χ3v) is 5.44. The van der Waals surface area contributed by atoms with Crippen molar-refractivity contribution in [2.45, 2.75) is 25.8 Å². The van der Waals surface area contributed by atoms with Crippen LogP contribution in [0.5, 0.6) is 5.75 Å². The second-order valence-corrected chi connectivity index (χ2v) is 7.69. The van der Waals surface area contributed by atoms with Crippen molar-refractivity contribution in [3.05, 3.63) is 57.5 Å². The topological polar surface area (TPSA) is 51.2 Å². The number of halogens is 1. The van der Waals surface area contributed by atoms with Gasteiger partial charge in [0.15, 0.2) is 0 Å². The first-order valence-corrected chi connectivity index (χ1v) is 9.70. The summed E-state index contributed by atoms with van der Waals surface area (Å²) in [5.74, 6) is 0.820. The molecule has 1 heterocycles. The predicted molar refractivity (Wildman–Crippen MR) is 105 cm³/mol. The monoisotopic (exact) mass is 418 g/mol. The van der Waals surface area contributed by atoms with Crippen molar-refractivity contribution in [3.8, 4) is 5.75 Å². The van der Waals surface area contributed by atoms with E-state index in [-0.39, 0.29) is 5.91 Å². The van der Waals surface area contributed by atoms with Gasteiger partial charge in [-0.2, -0.15) is 0 Å². The van der Waals surface area contributed by atoms with Crippen molar-refractivity contribution >= 4 is 43.4 Å². The standard InChI is InChI=1S/C19H19BrN2O2S/c1-24-16-10-9-14(20)11-13(16)12-21-18(23)7-4-8-19-22-15-5-2-3-6-17(15)25-19/h2-3,5-6,9-11H,4,7-8,12H2,1H3,(H,21,23). The summed E-state index contributed by atoms with van der Waals surface area (Å²) in [6.07, 6.45) is 2.11. The summed E-state index contributed by atoms with van der Waals surface area (Å²) in [6.45, 7) is 0.461. The fraction of sp³-hybridized carbons (Fsp3) is 0.263. The number of aryl methyl sites for hydroxylation is 1. The van der Waals surface area contributed by atoms with E-state index in [0.29, 0.717) is 13.0 Å². The minimum Gasteiger partial charge on any atom is -0.496 e. The Morgan fingerprint density at radius 1 is 1.28 bits per heavy atom. The van der Waals surface area contributed by atoms with Crippen molar-refractivity contribution in [1.29, 1.82) is 0 Å². The first kappa shape index (κ1) is 17.9. The zero-order valence-electron chi connectivity index (χ0n) is 13.9. The van der Waals surface area contributed by atoms with E-state index in [1.807, 2.05) is 36.4 Å². The molecule has 0 aliphatic carbocycles. The molecule has 25 heavy (non-hydrogen) atoms. The Balaban J connectivity index is 1.47. The van der Waals surface area contributed by atoms with Crippen LogP contribution in [0, 0.1) is 0 Å². The molecule has 0 spiro atoms. The van der Waals surface area contributed by atoms with Crippen LogP contribution in [0.25, 0.3) is 10.2 Å². The number of amides is 1. The quantitative estimate of drug-likeness (QED) is 0.604. The molecule has 0 bridgehead atoms. The molecule has 130 valence electrons. The lowest BCUT2D eigenvalue weighted by Crippen LogP contribution is -2.22. The molecule has 3 rings (SSSR count). The van der Waals surface area contributed by atoms with Gasteiger partial charge in [0.25, 0.3) is 0 Å². The van der Waals surface area contributed by atoms with E-state index in [9.17, 15) is 4.79 Å². The molecule has 0 aliphatic heterocycles. The van der Waals surface area contributed by atoms with Crippen LogP contribution in [0.3, 0.4) is 0 Å². The molecule has 1 aromatic heterocycles. The number of nitrogens with zero attached hydrogens (tertiary/aromatic N) is 1. The molecule has 3 aromatic rings. The zero-order chi connectivity index (χ0) is 17.6. The van der Waals surface area contributed by atoms with Crippen LogP contribution in [0.1, 0.15) is 23.4 Å². The molecule has 2 aromatic carbocycles. The summed E-state index contributed by atoms with van der Waals surface area (Å²) in [4.78, 5) is 16.7. The fourth-order valence-electron chi connectivity index (χ4n) is 2.59. The number of carbonyl (C=O) groups is 1. The number of benzene rings is 2. The van der Waals surface area contributed by atoms with Gasteiger partial charge in [0.1, 0.15) is 5.75 Å². The second kappa shape index (κ2) is 8.45. The Morgan fingerprint density at radius 3 is 2.92 bits per heavy atom. The molecule has 1 N–H and O–H groups in total. The lowest BCUT2D eigenvalue weighted by atomic mass is 10.2. The number of fused-ring (bicyclic) bond motifs is 1. The maximum Gasteiger partial charge on any atom is 0.220 e. The van der Waals surface area contributed by atoms with Gasteiger partial charge in [0.05, 0.1) is 22.3 Å². The van der Waals surface area contributed by atoms with Crippen LogP contribution in [0.4, 0.5) is 0 Å². The highest BCUT2D eigenvalue weighted by Crippen LogP contribution is 2.24. The first-order valence-electron chi connectivity index (χ1n) is 8.09. The lowest BCUT2D eigenvalue weighted by Gasteiger charge is -2.10. The van der Waals surface area contributed by atoms with Crippen LogP contribution in [0.2, 0.25) is 0 Å². The SMILES string of the molecule is COc1ccc(Br)cc1CNC(=O)CCCc1nc2ccccc2s1. The number of para-hydroxylation sites is 1. The third kappa shape index (κ3) is 4.80. The van der Waals surface area contributed by atoms with Gasteiger partial charge in [0, 0.05) is 23.0 Å². The Labute approximate surface area is 159 Å². The maximum absolute atomic E-state index is 12.1. The number of nitrogens with one attached hydrogen (secondary N) is 1. The molecule has 0 unspecified atom stereocenters. The van der Waals surface area contributed by atoms with Gasteiger partial charge in [-0.25, -0.2) is 4.98 Å². The Bertz CT molecular complexity index is 846. The lowest BCUT2D eigenvalue weighted by molar-refractivity contribution is -0.121. The summed E-state index contributed by atoms with van der Waals surface area (Å²) < 4.78 is 7.49. The van der Waals surface area contributed by atoms with Gasteiger partial charge >= 0.3 is 0 Å². The molecule has 0 atom stereocenters. The highest BCUT2D eigenvalue weighted by Gasteiger charge is 2.08. The number of carbonyl (C=O) groups excluding carboxylic acids is 1. The van der Waals surface area contributed by atoms with Gasteiger partial charge in [-0.05, 0) is 43.2 Å².